The Bertz CT molecular complexity index is 251. The van der Waals surface area contributed by atoms with Crippen molar-refractivity contribution in [2.45, 2.75) is 38.0 Å². The maximum Gasteiger partial charge on any atom is 0.223 e. The van der Waals surface area contributed by atoms with E-state index in [0.29, 0.717) is 11.7 Å². The minimum Gasteiger partial charge on any atom is -0.395 e. The van der Waals surface area contributed by atoms with E-state index in [4.69, 9.17) is 0 Å². The van der Waals surface area contributed by atoms with Crippen LogP contribution in [0.15, 0.2) is 0 Å². The van der Waals surface area contributed by atoms with Crippen LogP contribution in [0.1, 0.15) is 26.7 Å². The molecule has 106 valence electrons. The van der Waals surface area contributed by atoms with E-state index >= 15 is 0 Å². The van der Waals surface area contributed by atoms with Crippen LogP contribution in [0, 0.1) is 0 Å². The molecular formula is C13H26N2O2S. The number of nitrogens with zero attached hydrogens (tertiary/aromatic N) is 2. The Balaban J connectivity index is 2.36. The van der Waals surface area contributed by atoms with Gasteiger partial charge in [0.2, 0.25) is 5.91 Å². The summed E-state index contributed by atoms with van der Waals surface area (Å²) >= 11 is 1.74. The maximum absolute atomic E-state index is 12.0. The Labute approximate surface area is 115 Å². The van der Waals surface area contributed by atoms with Crippen molar-refractivity contribution in [3.8, 4) is 0 Å². The van der Waals surface area contributed by atoms with Crippen molar-refractivity contribution in [2.75, 3.05) is 39.0 Å². The summed E-state index contributed by atoms with van der Waals surface area (Å²) in [6.45, 7) is 7.79. The van der Waals surface area contributed by atoms with E-state index in [2.05, 4.69) is 18.7 Å². The molecule has 1 saturated heterocycles. The summed E-state index contributed by atoms with van der Waals surface area (Å²) in [4.78, 5) is 16.3. The largest absolute Gasteiger partial charge is 0.395 e. The highest BCUT2D eigenvalue weighted by atomic mass is 32.2. The molecule has 0 bridgehead atoms. The van der Waals surface area contributed by atoms with E-state index in [1.807, 2.05) is 11.2 Å². The number of amides is 1. The van der Waals surface area contributed by atoms with Gasteiger partial charge in [-0.1, -0.05) is 13.8 Å². The van der Waals surface area contributed by atoms with Crippen LogP contribution in [0.3, 0.4) is 0 Å². The molecule has 1 fully saturated rings. The molecule has 1 aliphatic heterocycles. The number of carbonyl (C=O) groups excluding carboxylic acids is 1. The predicted octanol–water partition coefficient (Wildman–Crippen LogP) is 1.04. The highest BCUT2D eigenvalue weighted by Gasteiger charge is 2.25. The zero-order valence-corrected chi connectivity index (χ0v) is 12.6. The molecule has 0 radical (unpaired) electrons. The fourth-order valence-corrected chi connectivity index (χ4v) is 2.61. The Morgan fingerprint density at radius 1 is 1.33 bits per heavy atom. The number of hydrogen-bond acceptors (Lipinski definition) is 4. The van der Waals surface area contributed by atoms with Crippen molar-refractivity contribution in [2.24, 2.45) is 0 Å². The van der Waals surface area contributed by atoms with Crippen LogP contribution in [0.2, 0.25) is 0 Å². The monoisotopic (exact) mass is 274 g/mol. The van der Waals surface area contributed by atoms with Crippen molar-refractivity contribution in [3.05, 3.63) is 0 Å². The quantitative estimate of drug-likeness (QED) is 0.786. The zero-order chi connectivity index (χ0) is 13.5. The number of aliphatic hydroxyl groups excluding tert-OH is 1. The lowest BCUT2D eigenvalue weighted by atomic mass is 10.1. The van der Waals surface area contributed by atoms with Gasteiger partial charge in [-0.05, 0) is 12.7 Å². The molecule has 1 amide bonds. The maximum atomic E-state index is 12.0. The molecule has 1 N–H and O–H groups in total. The van der Waals surface area contributed by atoms with E-state index < -0.39 is 0 Å². The number of carbonyl (C=O) groups is 1. The average Bonchev–Trinajstić information content (AvgIpc) is 2.40. The second-order valence-corrected chi connectivity index (χ2v) is 6.19. The molecule has 4 nitrogen and oxygen atoms in total. The Morgan fingerprint density at radius 3 is 2.39 bits per heavy atom. The Hall–Kier alpha value is -0.260. The third-order valence-electron chi connectivity index (χ3n) is 3.73. The third kappa shape index (κ3) is 4.44. The molecule has 1 aliphatic rings. The SMILES string of the molecule is CCC(CO)N1CCN(C(=O)CC(C)SC)CC1. The van der Waals surface area contributed by atoms with Gasteiger partial charge in [0.15, 0.2) is 0 Å². The van der Waals surface area contributed by atoms with Gasteiger partial charge >= 0.3 is 0 Å². The van der Waals surface area contributed by atoms with E-state index in [0.717, 1.165) is 32.6 Å². The first-order chi connectivity index (χ1) is 8.62. The molecule has 0 spiro atoms. The minimum absolute atomic E-state index is 0.216. The van der Waals surface area contributed by atoms with Crippen LogP contribution in [0.5, 0.6) is 0 Å². The third-order valence-corrected chi connectivity index (χ3v) is 4.70. The zero-order valence-electron chi connectivity index (χ0n) is 11.8. The minimum atomic E-state index is 0.216. The van der Waals surface area contributed by atoms with Gasteiger partial charge < -0.3 is 10.0 Å². The van der Waals surface area contributed by atoms with Crippen molar-refractivity contribution in [3.63, 3.8) is 0 Å². The first-order valence-corrected chi connectivity index (χ1v) is 8.06. The van der Waals surface area contributed by atoms with Crippen LogP contribution in [-0.2, 0) is 4.79 Å². The van der Waals surface area contributed by atoms with Crippen LogP contribution in [-0.4, -0.2) is 71.1 Å². The van der Waals surface area contributed by atoms with E-state index in [9.17, 15) is 9.90 Å². The number of thioether (sulfide) groups is 1. The summed E-state index contributed by atoms with van der Waals surface area (Å²) in [7, 11) is 0. The molecule has 0 aromatic rings. The van der Waals surface area contributed by atoms with Crippen LogP contribution < -0.4 is 0 Å². The van der Waals surface area contributed by atoms with Crippen molar-refractivity contribution in [1.82, 2.24) is 9.80 Å². The van der Waals surface area contributed by atoms with Crippen LogP contribution in [0.4, 0.5) is 0 Å². The molecule has 0 aromatic carbocycles. The highest BCUT2D eigenvalue weighted by Crippen LogP contribution is 2.14. The molecule has 18 heavy (non-hydrogen) atoms. The van der Waals surface area contributed by atoms with Gasteiger partial charge in [0.25, 0.3) is 0 Å². The lowest BCUT2D eigenvalue weighted by molar-refractivity contribution is -0.133. The molecule has 1 rings (SSSR count). The van der Waals surface area contributed by atoms with Gasteiger partial charge in [0, 0.05) is 43.9 Å². The molecule has 2 atom stereocenters. The summed E-state index contributed by atoms with van der Waals surface area (Å²) in [5.41, 5.74) is 0. The summed E-state index contributed by atoms with van der Waals surface area (Å²) in [5.74, 6) is 0.272. The van der Waals surface area contributed by atoms with E-state index in [1.165, 1.54) is 0 Å². The first kappa shape index (κ1) is 15.8. The van der Waals surface area contributed by atoms with E-state index in [-0.39, 0.29) is 18.6 Å². The lowest BCUT2D eigenvalue weighted by Crippen LogP contribution is -2.52. The second kappa shape index (κ2) is 8.02. The predicted molar refractivity (Wildman–Crippen MR) is 76.9 cm³/mol. The summed E-state index contributed by atoms with van der Waals surface area (Å²) in [6, 6.07) is 0.257. The smallest absolute Gasteiger partial charge is 0.223 e. The number of hydrogen-bond donors (Lipinski definition) is 1. The topological polar surface area (TPSA) is 43.8 Å². The van der Waals surface area contributed by atoms with Crippen molar-refractivity contribution < 1.29 is 9.90 Å². The van der Waals surface area contributed by atoms with Gasteiger partial charge in [-0.15, -0.1) is 0 Å². The van der Waals surface area contributed by atoms with Crippen LogP contribution >= 0.6 is 11.8 Å². The number of rotatable bonds is 6. The summed E-state index contributed by atoms with van der Waals surface area (Å²) in [5, 5.41) is 9.68. The molecule has 0 saturated carbocycles. The molecule has 0 aliphatic carbocycles. The van der Waals surface area contributed by atoms with Gasteiger partial charge in [-0.2, -0.15) is 11.8 Å². The Kier molecular flexibility index (Phi) is 7.04. The van der Waals surface area contributed by atoms with Crippen LogP contribution in [0.25, 0.3) is 0 Å². The normalized spacial score (nSPS) is 20.8. The van der Waals surface area contributed by atoms with Crippen molar-refractivity contribution in [1.29, 1.82) is 0 Å². The highest BCUT2D eigenvalue weighted by molar-refractivity contribution is 7.99. The molecule has 0 aromatic heterocycles. The molecule has 5 heteroatoms. The molecular weight excluding hydrogens is 248 g/mol. The van der Waals surface area contributed by atoms with Gasteiger partial charge in [0.1, 0.15) is 0 Å². The van der Waals surface area contributed by atoms with Crippen molar-refractivity contribution >= 4 is 17.7 Å². The Morgan fingerprint density at radius 2 is 1.94 bits per heavy atom. The second-order valence-electron chi connectivity index (χ2n) is 4.91. The average molecular weight is 274 g/mol. The molecule has 2 unspecified atom stereocenters. The van der Waals surface area contributed by atoms with Gasteiger partial charge in [-0.3, -0.25) is 9.69 Å². The standard InChI is InChI=1S/C13H26N2O2S/c1-4-12(10-16)14-5-7-15(8-6-14)13(17)9-11(2)18-3/h11-12,16H,4-10H2,1-3H3. The summed E-state index contributed by atoms with van der Waals surface area (Å²) < 4.78 is 0. The molecule has 1 heterocycles. The summed E-state index contributed by atoms with van der Waals surface area (Å²) in [6.07, 6.45) is 3.65. The fourth-order valence-electron chi connectivity index (χ4n) is 2.30. The lowest BCUT2D eigenvalue weighted by Gasteiger charge is -2.38. The number of aliphatic hydroxyl groups is 1. The van der Waals surface area contributed by atoms with E-state index in [1.54, 1.807) is 11.8 Å². The van der Waals surface area contributed by atoms with Gasteiger partial charge in [0.05, 0.1) is 6.61 Å². The number of piperazine rings is 1. The van der Waals surface area contributed by atoms with Gasteiger partial charge in [-0.25, -0.2) is 0 Å². The first-order valence-electron chi connectivity index (χ1n) is 6.77. The fraction of sp³-hybridized carbons (Fsp3) is 0.923.